The molecule has 1 atom stereocenters. The molecule has 0 spiro atoms. The number of halogens is 1. The number of hydrogen-bond acceptors (Lipinski definition) is 2. The minimum Gasteiger partial charge on any atom is -0.372 e. The van der Waals surface area contributed by atoms with E-state index in [4.69, 9.17) is 11.6 Å². The molecule has 4 heteroatoms. The predicted octanol–water partition coefficient (Wildman–Crippen LogP) is 3.51. The van der Waals surface area contributed by atoms with E-state index >= 15 is 0 Å². The van der Waals surface area contributed by atoms with E-state index in [1.807, 2.05) is 14.0 Å². The van der Waals surface area contributed by atoms with Gasteiger partial charge in [0.1, 0.15) is 0 Å². The number of piperidine rings is 1. The molecule has 0 bridgehead atoms. The van der Waals surface area contributed by atoms with Gasteiger partial charge in [0.15, 0.2) is 0 Å². The summed E-state index contributed by atoms with van der Waals surface area (Å²) in [6, 6.07) is 8.59. The highest BCUT2D eigenvalue weighted by atomic mass is 35.5. The van der Waals surface area contributed by atoms with E-state index in [1.54, 1.807) is 4.90 Å². The van der Waals surface area contributed by atoms with Crippen LogP contribution in [0.4, 0.5) is 5.69 Å². The van der Waals surface area contributed by atoms with Crippen LogP contribution in [0.5, 0.6) is 0 Å². The average molecular weight is 309 g/mol. The number of carbonyl (C=O) groups excluding carboxylic acids is 1. The second-order valence-electron chi connectivity index (χ2n) is 5.96. The normalized spacial score (nSPS) is 16.6. The zero-order valence-electron chi connectivity index (χ0n) is 13.0. The molecule has 0 N–H and O–H groups in total. The molecule has 1 aromatic carbocycles. The fourth-order valence-electron chi connectivity index (χ4n) is 2.76. The van der Waals surface area contributed by atoms with Gasteiger partial charge in [-0.15, -0.1) is 11.6 Å². The van der Waals surface area contributed by atoms with Gasteiger partial charge >= 0.3 is 0 Å². The van der Waals surface area contributed by atoms with Crippen molar-refractivity contribution >= 4 is 23.2 Å². The highest BCUT2D eigenvalue weighted by molar-refractivity contribution is 6.19. The van der Waals surface area contributed by atoms with Crippen molar-refractivity contribution in [1.82, 2.24) is 4.90 Å². The van der Waals surface area contributed by atoms with E-state index in [2.05, 4.69) is 29.2 Å². The van der Waals surface area contributed by atoms with Gasteiger partial charge in [-0.25, -0.2) is 0 Å². The quantitative estimate of drug-likeness (QED) is 0.777. The van der Waals surface area contributed by atoms with Gasteiger partial charge in [0.05, 0.1) is 0 Å². The van der Waals surface area contributed by atoms with Gasteiger partial charge in [-0.1, -0.05) is 19.1 Å². The first kappa shape index (κ1) is 16.2. The molecular formula is C17H25ClN2O. The zero-order chi connectivity index (χ0) is 15.2. The van der Waals surface area contributed by atoms with Crippen LogP contribution in [0.1, 0.15) is 31.7 Å². The van der Waals surface area contributed by atoms with Gasteiger partial charge in [0, 0.05) is 44.2 Å². The lowest BCUT2D eigenvalue weighted by Gasteiger charge is -2.29. The van der Waals surface area contributed by atoms with Crippen LogP contribution in [0, 0.1) is 5.92 Å². The van der Waals surface area contributed by atoms with Crippen LogP contribution in [-0.2, 0) is 11.3 Å². The van der Waals surface area contributed by atoms with E-state index in [9.17, 15) is 4.79 Å². The van der Waals surface area contributed by atoms with E-state index in [1.165, 1.54) is 24.9 Å². The van der Waals surface area contributed by atoms with Gasteiger partial charge in [-0.2, -0.15) is 0 Å². The van der Waals surface area contributed by atoms with E-state index in [0.717, 1.165) is 18.7 Å². The molecule has 1 heterocycles. The van der Waals surface area contributed by atoms with Crippen molar-refractivity contribution in [2.75, 3.05) is 30.9 Å². The molecule has 1 aliphatic rings. The van der Waals surface area contributed by atoms with Crippen LogP contribution in [0.15, 0.2) is 24.3 Å². The van der Waals surface area contributed by atoms with E-state index in [-0.39, 0.29) is 11.8 Å². The topological polar surface area (TPSA) is 23.6 Å². The number of amides is 1. The third-order valence-corrected chi connectivity index (χ3v) is 4.57. The molecule has 0 aromatic heterocycles. The molecule has 1 saturated heterocycles. The molecule has 21 heavy (non-hydrogen) atoms. The van der Waals surface area contributed by atoms with Crippen LogP contribution in [0.2, 0.25) is 0 Å². The van der Waals surface area contributed by atoms with Crippen molar-refractivity contribution in [2.24, 2.45) is 5.92 Å². The largest absolute Gasteiger partial charge is 0.372 e. The van der Waals surface area contributed by atoms with Crippen LogP contribution >= 0.6 is 11.6 Å². The molecule has 0 aliphatic carbocycles. The van der Waals surface area contributed by atoms with Crippen molar-refractivity contribution in [3.63, 3.8) is 0 Å². The van der Waals surface area contributed by atoms with E-state index in [0.29, 0.717) is 12.4 Å². The predicted molar refractivity (Wildman–Crippen MR) is 88.9 cm³/mol. The van der Waals surface area contributed by atoms with Crippen molar-refractivity contribution in [1.29, 1.82) is 0 Å². The smallest absolute Gasteiger partial charge is 0.226 e. The third kappa shape index (κ3) is 4.37. The Morgan fingerprint density at radius 1 is 1.24 bits per heavy atom. The first-order valence-electron chi connectivity index (χ1n) is 7.76. The number of hydrogen-bond donors (Lipinski definition) is 0. The SMILES string of the molecule is CC(CCl)C(=O)N(C)Cc1ccc(N2CCCCC2)cc1. The Kier molecular flexibility index (Phi) is 5.92. The molecule has 3 nitrogen and oxygen atoms in total. The summed E-state index contributed by atoms with van der Waals surface area (Å²) in [5.74, 6) is 0.353. The molecule has 1 fully saturated rings. The lowest BCUT2D eigenvalue weighted by Crippen LogP contribution is -2.32. The Hall–Kier alpha value is -1.22. The number of alkyl halides is 1. The van der Waals surface area contributed by atoms with Crippen molar-refractivity contribution in [2.45, 2.75) is 32.7 Å². The van der Waals surface area contributed by atoms with Crippen molar-refractivity contribution in [3.05, 3.63) is 29.8 Å². The summed E-state index contributed by atoms with van der Waals surface area (Å²) < 4.78 is 0. The summed E-state index contributed by atoms with van der Waals surface area (Å²) >= 11 is 5.75. The first-order valence-corrected chi connectivity index (χ1v) is 8.30. The Morgan fingerprint density at radius 2 is 1.86 bits per heavy atom. The molecule has 1 unspecified atom stereocenters. The summed E-state index contributed by atoms with van der Waals surface area (Å²) in [6.07, 6.45) is 3.92. The number of carbonyl (C=O) groups is 1. The minimum atomic E-state index is -0.121. The van der Waals surface area contributed by atoms with Crippen LogP contribution < -0.4 is 4.90 Å². The molecule has 116 valence electrons. The Bertz CT molecular complexity index is 454. The van der Waals surface area contributed by atoms with Gasteiger partial charge in [0.25, 0.3) is 0 Å². The number of nitrogens with zero attached hydrogens (tertiary/aromatic N) is 2. The highest BCUT2D eigenvalue weighted by Gasteiger charge is 2.16. The first-order chi connectivity index (χ1) is 10.1. The molecule has 0 saturated carbocycles. The van der Waals surface area contributed by atoms with Crippen molar-refractivity contribution in [3.8, 4) is 0 Å². The minimum absolute atomic E-state index is 0.102. The summed E-state index contributed by atoms with van der Waals surface area (Å²) in [6.45, 7) is 4.82. The maximum absolute atomic E-state index is 12.0. The van der Waals surface area contributed by atoms with Gasteiger partial charge in [-0.3, -0.25) is 4.79 Å². The molecule has 0 radical (unpaired) electrons. The Labute approximate surface area is 132 Å². The third-order valence-electron chi connectivity index (χ3n) is 4.11. The highest BCUT2D eigenvalue weighted by Crippen LogP contribution is 2.20. The fraction of sp³-hybridized carbons (Fsp3) is 0.588. The van der Waals surface area contributed by atoms with Crippen LogP contribution in [0.3, 0.4) is 0 Å². The number of benzene rings is 1. The number of rotatable bonds is 5. The molecule has 2 rings (SSSR count). The summed E-state index contributed by atoms with van der Waals surface area (Å²) in [4.78, 5) is 16.2. The van der Waals surface area contributed by atoms with Crippen LogP contribution in [-0.4, -0.2) is 36.8 Å². The molecule has 1 amide bonds. The van der Waals surface area contributed by atoms with Crippen molar-refractivity contribution < 1.29 is 4.79 Å². The summed E-state index contributed by atoms with van der Waals surface area (Å²) in [7, 11) is 1.84. The maximum atomic E-state index is 12.0. The summed E-state index contributed by atoms with van der Waals surface area (Å²) in [5.41, 5.74) is 2.45. The van der Waals surface area contributed by atoms with Gasteiger partial charge < -0.3 is 9.80 Å². The lowest BCUT2D eigenvalue weighted by atomic mass is 10.1. The number of anilines is 1. The molecule has 1 aromatic rings. The average Bonchev–Trinajstić information content (AvgIpc) is 2.54. The molecule has 1 aliphatic heterocycles. The fourth-order valence-corrected chi connectivity index (χ4v) is 2.89. The second-order valence-corrected chi connectivity index (χ2v) is 6.27. The monoisotopic (exact) mass is 308 g/mol. The van der Waals surface area contributed by atoms with Gasteiger partial charge in [0.2, 0.25) is 5.91 Å². The van der Waals surface area contributed by atoms with E-state index < -0.39 is 0 Å². The Balaban J connectivity index is 1.94. The molecular weight excluding hydrogens is 284 g/mol. The second kappa shape index (κ2) is 7.69. The summed E-state index contributed by atoms with van der Waals surface area (Å²) in [5, 5.41) is 0. The lowest BCUT2D eigenvalue weighted by molar-refractivity contribution is -0.133. The maximum Gasteiger partial charge on any atom is 0.226 e. The zero-order valence-corrected chi connectivity index (χ0v) is 13.8. The Morgan fingerprint density at radius 3 is 2.43 bits per heavy atom. The van der Waals surface area contributed by atoms with Crippen LogP contribution in [0.25, 0.3) is 0 Å². The standard InChI is InChI=1S/C17H25ClN2O/c1-14(12-18)17(21)19(2)13-15-6-8-16(9-7-15)20-10-4-3-5-11-20/h6-9,14H,3-5,10-13H2,1-2H3. The van der Waals surface area contributed by atoms with Gasteiger partial charge in [-0.05, 0) is 37.0 Å².